The fourth-order valence-corrected chi connectivity index (χ4v) is 2.86. The van der Waals surface area contributed by atoms with Crippen molar-refractivity contribution >= 4 is 11.9 Å². The number of aliphatic carboxylic acids is 1. The third-order valence-corrected chi connectivity index (χ3v) is 4.03. The Kier molecular flexibility index (Phi) is 5.46. The molecular formula is C16H19F2NO3. The van der Waals surface area contributed by atoms with Crippen LogP contribution in [0.25, 0.3) is 0 Å². The number of benzene rings is 1. The first-order valence-corrected chi connectivity index (χ1v) is 7.43. The van der Waals surface area contributed by atoms with Crippen molar-refractivity contribution in [1.29, 1.82) is 0 Å². The van der Waals surface area contributed by atoms with Gasteiger partial charge in [0.25, 0.3) is 0 Å². The zero-order valence-corrected chi connectivity index (χ0v) is 12.1. The van der Waals surface area contributed by atoms with Crippen molar-refractivity contribution in [2.75, 3.05) is 0 Å². The molecule has 0 unspecified atom stereocenters. The van der Waals surface area contributed by atoms with E-state index >= 15 is 0 Å². The van der Waals surface area contributed by atoms with E-state index in [-0.39, 0.29) is 18.4 Å². The second-order valence-electron chi connectivity index (χ2n) is 5.65. The first kappa shape index (κ1) is 16.4. The Hall–Kier alpha value is -1.98. The minimum atomic E-state index is -0.891. The standard InChI is InChI=1S/C16H19F2NO3/c17-12-8-7-10(9-13(12)18)3-1-6-15(20)19-14-5-2-4-11(14)16(21)22/h7-9,11,14H,1-6H2,(H,19,20)(H,21,22)/t11-,14-/m0/s1. The fraction of sp³-hybridized carbons (Fsp3) is 0.500. The van der Waals surface area contributed by atoms with Crippen LogP contribution in [0.5, 0.6) is 0 Å². The molecule has 1 aromatic carbocycles. The number of carbonyl (C=O) groups is 2. The number of carbonyl (C=O) groups excluding carboxylic acids is 1. The van der Waals surface area contributed by atoms with Gasteiger partial charge in [-0.2, -0.15) is 0 Å². The Morgan fingerprint density at radius 3 is 2.68 bits per heavy atom. The van der Waals surface area contributed by atoms with Gasteiger partial charge in [-0.15, -0.1) is 0 Å². The summed E-state index contributed by atoms with van der Waals surface area (Å²) in [6.07, 6.45) is 3.29. The second kappa shape index (κ2) is 7.33. The molecule has 0 saturated heterocycles. The Labute approximate surface area is 127 Å². The third-order valence-electron chi connectivity index (χ3n) is 4.03. The number of carboxylic acid groups (broad SMARTS) is 1. The Balaban J connectivity index is 1.76. The van der Waals surface area contributed by atoms with Crippen LogP contribution in [0.2, 0.25) is 0 Å². The van der Waals surface area contributed by atoms with E-state index in [1.165, 1.54) is 6.07 Å². The minimum Gasteiger partial charge on any atom is -0.481 e. The molecule has 2 rings (SSSR count). The third kappa shape index (κ3) is 4.26. The summed E-state index contributed by atoms with van der Waals surface area (Å²) in [7, 11) is 0. The van der Waals surface area contributed by atoms with Gasteiger partial charge in [-0.1, -0.05) is 12.5 Å². The van der Waals surface area contributed by atoms with E-state index in [4.69, 9.17) is 5.11 Å². The Morgan fingerprint density at radius 1 is 1.23 bits per heavy atom. The number of hydrogen-bond acceptors (Lipinski definition) is 2. The topological polar surface area (TPSA) is 66.4 Å². The number of halogens is 2. The molecule has 1 fully saturated rings. The molecule has 0 heterocycles. The summed E-state index contributed by atoms with van der Waals surface area (Å²) >= 11 is 0. The summed E-state index contributed by atoms with van der Waals surface area (Å²) in [5.41, 5.74) is 0.635. The van der Waals surface area contributed by atoms with Crippen LogP contribution in [0.4, 0.5) is 8.78 Å². The summed E-state index contributed by atoms with van der Waals surface area (Å²) in [5, 5.41) is 11.8. The van der Waals surface area contributed by atoms with Gasteiger partial charge in [-0.25, -0.2) is 8.78 Å². The van der Waals surface area contributed by atoms with Gasteiger partial charge < -0.3 is 10.4 Å². The van der Waals surface area contributed by atoms with Gasteiger partial charge in [-0.3, -0.25) is 9.59 Å². The van der Waals surface area contributed by atoms with Gasteiger partial charge in [0, 0.05) is 12.5 Å². The van der Waals surface area contributed by atoms with Crippen molar-refractivity contribution in [1.82, 2.24) is 5.32 Å². The number of rotatable bonds is 6. The van der Waals surface area contributed by atoms with Crippen LogP contribution >= 0.6 is 0 Å². The summed E-state index contributed by atoms with van der Waals surface area (Å²) in [6.45, 7) is 0. The monoisotopic (exact) mass is 311 g/mol. The predicted molar refractivity (Wildman–Crippen MR) is 76.2 cm³/mol. The van der Waals surface area contributed by atoms with Gasteiger partial charge in [0.15, 0.2) is 11.6 Å². The number of carboxylic acids is 1. The lowest BCUT2D eigenvalue weighted by atomic mass is 10.0. The summed E-state index contributed by atoms with van der Waals surface area (Å²) in [6, 6.07) is 3.40. The highest BCUT2D eigenvalue weighted by Crippen LogP contribution is 2.25. The molecule has 1 aliphatic rings. The average Bonchev–Trinajstić information content (AvgIpc) is 2.91. The molecular weight excluding hydrogens is 292 g/mol. The van der Waals surface area contributed by atoms with Crippen LogP contribution in [0.3, 0.4) is 0 Å². The van der Waals surface area contributed by atoms with E-state index in [0.29, 0.717) is 31.2 Å². The molecule has 120 valence electrons. The summed E-state index contributed by atoms with van der Waals surface area (Å²) in [4.78, 5) is 22.9. The maximum atomic E-state index is 13.0. The van der Waals surface area contributed by atoms with Gasteiger partial charge >= 0.3 is 5.97 Å². The highest BCUT2D eigenvalue weighted by molar-refractivity contribution is 5.78. The number of nitrogens with one attached hydrogen (secondary N) is 1. The molecule has 2 atom stereocenters. The highest BCUT2D eigenvalue weighted by Gasteiger charge is 2.33. The lowest BCUT2D eigenvalue weighted by Crippen LogP contribution is -2.40. The molecule has 0 aliphatic heterocycles. The summed E-state index contributed by atoms with van der Waals surface area (Å²) < 4.78 is 25.8. The SMILES string of the molecule is O=C(CCCc1ccc(F)c(F)c1)N[C@H]1CCC[C@@H]1C(=O)O. The van der Waals surface area contributed by atoms with Gasteiger partial charge in [0.05, 0.1) is 5.92 Å². The van der Waals surface area contributed by atoms with E-state index < -0.39 is 23.5 Å². The van der Waals surface area contributed by atoms with Crippen LogP contribution in [0, 0.1) is 17.6 Å². The molecule has 0 bridgehead atoms. The van der Waals surface area contributed by atoms with Crippen molar-refractivity contribution in [3.8, 4) is 0 Å². The number of aryl methyl sites for hydroxylation is 1. The lowest BCUT2D eigenvalue weighted by molar-refractivity contribution is -0.142. The van der Waals surface area contributed by atoms with Crippen molar-refractivity contribution in [3.63, 3.8) is 0 Å². The average molecular weight is 311 g/mol. The molecule has 1 amide bonds. The van der Waals surface area contributed by atoms with Crippen molar-refractivity contribution < 1.29 is 23.5 Å². The smallest absolute Gasteiger partial charge is 0.308 e. The van der Waals surface area contributed by atoms with Crippen molar-refractivity contribution in [2.24, 2.45) is 5.92 Å². The second-order valence-corrected chi connectivity index (χ2v) is 5.65. The molecule has 22 heavy (non-hydrogen) atoms. The first-order chi connectivity index (χ1) is 10.5. The highest BCUT2D eigenvalue weighted by atomic mass is 19.2. The zero-order valence-electron chi connectivity index (χ0n) is 12.1. The molecule has 1 aliphatic carbocycles. The zero-order chi connectivity index (χ0) is 16.1. The van der Waals surface area contributed by atoms with E-state index in [0.717, 1.165) is 18.6 Å². The lowest BCUT2D eigenvalue weighted by Gasteiger charge is -2.17. The van der Waals surface area contributed by atoms with Crippen LogP contribution in [0.1, 0.15) is 37.7 Å². The predicted octanol–water partition coefficient (Wildman–Crippen LogP) is 2.66. The van der Waals surface area contributed by atoms with Crippen molar-refractivity contribution in [3.05, 3.63) is 35.4 Å². The molecule has 2 N–H and O–H groups in total. The molecule has 0 spiro atoms. The quantitative estimate of drug-likeness (QED) is 0.849. The van der Waals surface area contributed by atoms with Gasteiger partial charge in [0.1, 0.15) is 0 Å². The number of amides is 1. The van der Waals surface area contributed by atoms with Crippen LogP contribution in [0.15, 0.2) is 18.2 Å². The van der Waals surface area contributed by atoms with Crippen molar-refractivity contribution in [2.45, 2.75) is 44.6 Å². The minimum absolute atomic E-state index is 0.194. The van der Waals surface area contributed by atoms with E-state index in [2.05, 4.69) is 5.32 Å². The van der Waals surface area contributed by atoms with E-state index in [9.17, 15) is 18.4 Å². The number of hydrogen-bond donors (Lipinski definition) is 2. The largest absolute Gasteiger partial charge is 0.481 e. The Morgan fingerprint density at radius 2 is 2.00 bits per heavy atom. The van der Waals surface area contributed by atoms with Gasteiger partial charge in [0.2, 0.25) is 5.91 Å². The van der Waals surface area contributed by atoms with Gasteiger partial charge in [-0.05, 0) is 43.4 Å². The molecule has 0 aromatic heterocycles. The summed E-state index contributed by atoms with van der Waals surface area (Å²) in [5.74, 6) is -3.35. The van der Waals surface area contributed by atoms with E-state index in [1.807, 2.05) is 0 Å². The molecule has 0 radical (unpaired) electrons. The first-order valence-electron chi connectivity index (χ1n) is 7.43. The van der Waals surface area contributed by atoms with Crippen LogP contribution < -0.4 is 5.32 Å². The van der Waals surface area contributed by atoms with E-state index in [1.54, 1.807) is 0 Å². The fourth-order valence-electron chi connectivity index (χ4n) is 2.86. The molecule has 1 saturated carbocycles. The molecule has 1 aromatic rings. The maximum Gasteiger partial charge on any atom is 0.308 e. The normalized spacial score (nSPS) is 20.8. The maximum absolute atomic E-state index is 13.0. The van der Waals surface area contributed by atoms with Crippen LogP contribution in [-0.2, 0) is 16.0 Å². The molecule has 4 nitrogen and oxygen atoms in total. The Bertz CT molecular complexity index is 562. The molecule has 6 heteroatoms. The van der Waals surface area contributed by atoms with Crippen LogP contribution in [-0.4, -0.2) is 23.0 Å².